The van der Waals surface area contributed by atoms with E-state index in [1.54, 1.807) is 0 Å². The van der Waals surface area contributed by atoms with Crippen LogP contribution >= 0.6 is 22.9 Å². The fourth-order valence-electron chi connectivity index (χ4n) is 2.04. The van der Waals surface area contributed by atoms with Crippen molar-refractivity contribution in [2.75, 3.05) is 6.54 Å². The minimum absolute atomic E-state index is 0.0612. The van der Waals surface area contributed by atoms with Crippen molar-refractivity contribution in [3.05, 3.63) is 56.0 Å². The van der Waals surface area contributed by atoms with Crippen LogP contribution in [0.3, 0.4) is 0 Å². The molecule has 1 unspecified atom stereocenters. The Hall–Kier alpha value is -1.04. The molecule has 0 fully saturated rings. The maximum Gasteiger partial charge on any atom is 0.161 e. The average Bonchev–Trinajstić information content (AvgIpc) is 2.77. The lowest BCUT2D eigenvalue weighted by Crippen LogP contribution is -2.24. The lowest BCUT2D eigenvalue weighted by Gasteiger charge is -2.19. The molecule has 0 amide bonds. The average molecular weight is 334 g/mol. The number of aryl methyl sites for hydroxylation is 1. The van der Waals surface area contributed by atoms with Gasteiger partial charge in [-0.2, -0.15) is 0 Å². The van der Waals surface area contributed by atoms with Gasteiger partial charge in [-0.1, -0.05) is 18.5 Å². The Labute approximate surface area is 130 Å². The fraction of sp³-hybridized carbons (Fsp3) is 0.333. The zero-order chi connectivity index (χ0) is 15.6. The van der Waals surface area contributed by atoms with Crippen LogP contribution < -0.4 is 5.32 Å². The first-order valence-corrected chi connectivity index (χ1v) is 7.82. The Morgan fingerprint density at radius 1 is 1.19 bits per heavy atom. The van der Waals surface area contributed by atoms with Crippen LogP contribution in [0.4, 0.5) is 13.2 Å². The number of rotatable bonds is 5. The molecule has 0 bridgehead atoms. The number of benzene rings is 1. The Balaban J connectivity index is 2.50. The molecule has 0 spiro atoms. The van der Waals surface area contributed by atoms with E-state index in [4.69, 9.17) is 11.6 Å². The van der Waals surface area contributed by atoms with Gasteiger partial charge in [-0.25, -0.2) is 13.2 Å². The number of nitrogens with one attached hydrogen (secondary N) is 1. The monoisotopic (exact) mass is 333 g/mol. The highest BCUT2D eigenvalue weighted by Gasteiger charge is 2.24. The van der Waals surface area contributed by atoms with Crippen molar-refractivity contribution in [1.29, 1.82) is 0 Å². The molecule has 0 aliphatic rings. The summed E-state index contributed by atoms with van der Waals surface area (Å²) in [5, 5.41) is 5.52. The molecule has 2 aromatic rings. The number of halogens is 4. The van der Waals surface area contributed by atoms with Crippen LogP contribution in [-0.4, -0.2) is 6.54 Å². The summed E-state index contributed by atoms with van der Waals surface area (Å²) < 4.78 is 40.6. The Kier molecular flexibility index (Phi) is 5.30. The van der Waals surface area contributed by atoms with Crippen molar-refractivity contribution < 1.29 is 13.2 Å². The first-order chi connectivity index (χ1) is 9.95. The third-order valence-electron chi connectivity index (χ3n) is 3.14. The van der Waals surface area contributed by atoms with E-state index in [1.807, 2.05) is 19.2 Å². The van der Waals surface area contributed by atoms with Gasteiger partial charge < -0.3 is 5.32 Å². The lowest BCUT2D eigenvalue weighted by molar-refractivity contribution is 0.480. The standard InChI is InChI=1S/C15H15ClF3NS/c1-3-4-20-14(15-13(16)8(2)7-21-15)9-5-11(18)12(19)6-10(9)17/h5-7,14,20H,3-4H2,1-2H3. The van der Waals surface area contributed by atoms with Crippen LogP contribution in [0.2, 0.25) is 5.02 Å². The highest BCUT2D eigenvalue weighted by Crippen LogP contribution is 2.37. The van der Waals surface area contributed by atoms with Crippen LogP contribution in [0, 0.1) is 24.4 Å². The van der Waals surface area contributed by atoms with Crippen molar-refractivity contribution >= 4 is 22.9 Å². The van der Waals surface area contributed by atoms with Crippen LogP contribution in [0.5, 0.6) is 0 Å². The third kappa shape index (κ3) is 3.42. The van der Waals surface area contributed by atoms with Gasteiger partial charge in [0.1, 0.15) is 5.82 Å². The molecule has 0 aliphatic carbocycles. The molecule has 114 valence electrons. The molecule has 0 aliphatic heterocycles. The van der Waals surface area contributed by atoms with Gasteiger partial charge in [0, 0.05) is 16.5 Å². The minimum Gasteiger partial charge on any atom is -0.305 e. The molecule has 0 saturated carbocycles. The van der Waals surface area contributed by atoms with Crippen molar-refractivity contribution in [2.24, 2.45) is 0 Å². The fourth-order valence-corrected chi connectivity index (χ4v) is 3.43. The highest BCUT2D eigenvalue weighted by atomic mass is 35.5. The molecule has 1 N–H and O–H groups in total. The minimum atomic E-state index is -1.20. The summed E-state index contributed by atoms with van der Waals surface area (Å²) in [5.41, 5.74) is 0.939. The number of hydrogen-bond donors (Lipinski definition) is 1. The van der Waals surface area contributed by atoms with Gasteiger partial charge in [-0.05, 0) is 36.9 Å². The van der Waals surface area contributed by atoms with Crippen LogP contribution in [-0.2, 0) is 0 Å². The van der Waals surface area contributed by atoms with Crippen molar-refractivity contribution in [3.63, 3.8) is 0 Å². The molecular weight excluding hydrogens is 319 g/mol. The predicted octanol–water partition coefficient (Wildman–Crippen LogP) is 5.22. The molecule has 2 rings (SSSR count). The van der Waals surface area contributed by atoms with Gasteiger partial charge in [0.15, 0.2) is 11.6 Å². The largest absolute Gasteiger partial charge is 0.305 e. The molecule has 21 heavy (non-hydrogen) atoms. The summed E-state index contributed by atoms with van der Waals surface area (Å²) in [6.07, 6.45) is 0.823. The second-order valence-corrected chi connectivity index (χ2v) is 6.06. The van der Waals surface area contributed by atoms with Gasteiger partial charge in [0.2, 0.25) is 0 Å². The van der Waals surface area contributed by atoms with Gasteiger partial charge >= 0.3 is 0 Å². The molecule has 6 heteroatoms. The second kappa shape index (κ2) is 6.81. The van der Waals surface area contributed by atoms with Gasteiger partial charge in [-0.3, -0.25) is 0 Å². The molecule has 0 saturated heterocycles. The first kappa shape index (κ1) is 16.3. The predicted molar refractivity (Wildman–Crippen MR) is 80.5 cm³/mol. The van der Waals surface area contributed by atoms with E-state index in [-0.39, 0.29) is 5.56 Å². The van der Waals surface area contributed by atoms with E-state index in [1.165, 1.54) is 11.3 Å². The quantitative estimate of drug-likeness (QED) is 0.740. The summed E-state index contributed by atoms with van der Waals surface area (Å²) >= 11 is 7.61. The van der Waals surface area contributed by atoms with E-state index < -0.39 is 23.5 Å². The van der Waals surface area contributed by atoms with Crippen LogP contribution in [0.1, 0.15) is 35.4 Å². The zero-order valence-corrected chi connectivity index (χ0v) is 13.2. The van der Waals surface area contributed by atoms with Gasteiger partial charge in [0.25, 0.3) is 0 Å². The van der Waals surface area contributed by atoms with Crippen molar-refractivity contribution in [1.82, 2.24) is 5.32 Å². The van der Waals surface area contributed by atoms with Crippen LogP contribution in [0.15, 0.2) is 17.5 Å². The van der Waals surface area contributed by atoms with E-state index in [9.17, 15) is 13.2 Å². The maximum atomic E-state index is 14.0. The normalized spacial score (nSPS) is 12.7. The Bertz CT molecular complexity index is 642. The topological polar surface area (TPSA) is 12.0 Å². The van der Waals surface area contributed by atoms with E-state index >= 15 is 0 Å². The summed E-state index contributed by atoms with van der Waals surface area (Å²) in [6.45, 7) is 4.42. The molecule has 1 nitrogen and oxygen atoms in total. The maximum absolute atomic E-state index is 14.0. The van der Waals surface area contributed by atoms with E-state index in [0.717, 1.165) is 18.1 Å². The zero-order valence-electron chi connectivity index (χ0n) is 11.6. The Morgan fingerprint density at radius 3 is 2.43 bits per heavy atom. The number of thiophene rings is 1. The molecule has 1 aromatic heterocycles. The first-order valence-electron chi connectivity index (χ1n) is 6.57. The molecule has 1 atom stereocenters. The molecule has 0 radical (unpaired) electrons. The Morgan fingerprint density at radius 2 is 1.86 bits per heavy atom. The summed E-state index contributed by atoms with van der Waals surface area (Å²) in [5.74, 6) is -3.05. The summed E-state index contributed by atoms with van der Waals surface area (Å²) in [7, 11) is 0. The molecular formula is C15H15ClF3NS. The molecule has 1 aromatic carbocycles. The number of hydrogen-bond acceptors (Lipinski definition) is 2. The van der Waals surface area contributed by atoms with Gasteiger partial charge in [-0.15, -0.1) is 11.3 Å². The van der Waals surface area contributed by atoms with Crippen molar-refractivity contribution in [3.8, 4) is 0 Å². The highest BCUT2D eigenvalue weighted by molar-refractivity contribution is 7.10. The second-order valence-electron chi connectivity index (χ2n) is 4.77. The SMILES string of the molecule is CCCNC(c1cc(F)c(F)cc1F)c1scc(C)c1Cl. The van der Waals surface area contributed by atoms with Crippen LogP contribution in [0.25, 0.3) is 0 Å². The van der Waals surface area contributed by atoms with E-state index in [2.05, 4.69) is 5.32 Å². The molecule has 1 heterocycles. The third-order valence-corrected chi connectivity index (χ3v) is 4.92. The smallest absolute Gasteiger partial charge is 0.161 e. The lowest BCUT2D eigenvalue weighted by atomic mass is 10.0. The van der Waals surface area contributed by atoms with Gasteiger partial charge in [0.05, 0.1) is 11.1 Å². The summed E-state index contributed by atoms with van der Waals surface area (Å²) in [6, 6.07) is 0.870. The van der Waals surface area contributed by atoms with E-state index in [0.29, 0.717) is 22.5 Å². The van der Waals surface area contributed by atoms with Crippen molar-refractivity contribution in [2.45, 2.75) is 26.3 Å². The summed E-state index contributed by atoms with van der Waals surface area (Å²) in [4.78, 5) is 0.701.